The van der Waals surface area contributed by atoms with Crippen LogP contribution < -0.4 is 10.9 Å². The number of hydrogen-bond acceptors (Lipinski definition) is 6. The maximum absolute atomic E-state index is 12.4. The zero-order chi connectivity index (χ0) is 19.7. The van der Waals surface area contributed by atoms with E-state index in [1.54, 1.807) is 13.8 Å². The van der Waals surface area contributed by atoms with E-state index in [1.807, 2.05) is 0 Å². The molecule has 3 rings (SSSR count). The Labute approximate surface area is 161 Å². The first kappa shape index (κ1) is 19.5. The molecular formula is C19H25N3O4S. The van der Waals surface area contributed by atoms with Crippen molar-refractivity contribution in [3.63, 3.8) is 0 Å². The number of aromatic amines is 1. The number of aromatic nitrogens is 2. The standard InChI is InChI=1S/C19H25N3O4S/c1-9-6-5-7-13(10(9)2)22-14(23)8-26-19(25)16-11(3)15-17(24)20-12(4)21-18(15)27-16/h9-10,13H,5-8H2,1-4H3,(H,22,23)(H,20,21,24)/t9-,10+,13-/m1/s1. The van der Waals surface area contributed by atoms with Crippen LogP contribution in [-0.4, -0.2) is 34.5 Å². The van der Waals surface area contributed by atoms with Gasteiger partial charge in [0.15, 0.2) is 6.61 Å². The first-order valence-corrected chi connectivity index (χ1v) is 10.1. The van der Waals surface area contributed by atoms with Crippen molar-refractivity contribution >= 4 is 33.4 Å². The van der Waals surface area contributed by atoms with E-state index in [2.05, 4.69) is 29.1 Å². The number of aryl methyl sites for hydroxylation is 2. The summed E-state index contributed by atoms with van der Waals surface area (Å²) < 4.78 is 5.19. The Hall–Kier alpha value is -2.22. The number of hydrogen-bond donors (Lipinski definition) is 2. The van der Waals surface area contributed by atoms with Crippen molar-refractivity contribution in [2.45, 2.75) is 53.0 Å². The number of amides is 1. The van der Waals surface area contributed by atoms with E-state index in [-0.39, 0.29) is 24.1 Å². The molecule has 146 valence electrons. The molecule has 0 bridgehead atoms. The van der Waals surface area contributed by atoms with Gasteiger partial charge in [0, 0.05) is 6.04 Å². The fraction of sp³-hybridized carbons (Fsp3) is 0.579. The van der Waals surface area contributed by atoms with Crippen molar-refractivity contribution in [2.24, 2.45) is 11.8 Å². The zero-order valence-electron chi connectivity index (χ0n) is 16.0. The molecular weight excluding hydrogens is 366 g/mol. The Morgan fingerprint density at radius 1 is 1.30 bits per heavy atom. The Morgan fingerprint density at radius 3 is 2.78 bits per heavy atom. The molecule has 1 fully saturated rings. The Balaban J connectivity index is 1.65. The lowest BCUT2D eigenvalue weighted by Gasteiger charge is -2.34. The number of ether oxygens (including phenoxy) is 1. The van der Waals surface area contributed by atoms with Gasteiger partial charge in [-0.05, 0) is 37.7 Å². The molecule has 2 aromatic rings. The molecule has 0 aromatic carbocycles. The third-order valence-electron chi connectivity index (χ3n) is 5.49. The van der Waals surface area contributed by atoms with Crippen molar-refractivity contribution in [3.05, 3.63) is 26.6 Å². The van der Waals surface area contributed by atoms with Gasteiger partial charge in [0.25, 0.3) is 11.5 Å². The third kappa shape index (κ3) is 4.05. The molecule has 27 heavy (non-hydrogen) atoms. The minimum atomic E-state index is -0.604. The molecule has 2 aromatic heterocycles. The summed E-state index contributed by atoms with van der Waals surface area (Å²) in [7, 11) is 0. The molecule has 0 radical (unpaired) electrons. The summed E-state index contributed by atoms with van der Waals surface area (Å²) in [6.45, 7) is 7.39. The Bertz CT molecular complexity index is 933. The zero-order valence-corrected chi connectivity index (χ0v) is 16.9. The van der Waals surface area contributed by atoms with E-state index in [9.17, 15) is 14.4 Å². The number of rotatable bonds is 4. The van der Waals surface area contributed by atoms with E-state index in [4.69, 9.17) is 4.74 Å². The van der Waals surface area contributed by atoms with Gasteiger partial charge >= 0.3 is 5.97 Å². The van der Waals surface area contributed by atoms with E-state index >= 15 is 0 Å². The third-order valence-corrected chi connectivity index (χ3v) is 6.66. The normalized spacial score (nSPS) is 22.6. The van der Waals surface area contributed by atoms with Gasteiger partial charge in [0.2, 0.25) is 0 Å². The minimum Gasteiger partial charge on any atom is -0.451 e. The van der Waals surface area contributed by atoms with Crippen LogP contribution in [0, 0.1) is 25.7 Å². The topological polar surface area (TPSA) is 101 Å². The van der Waals surface area contributed by atoms with Crippen LogP contribution in [0.1, 0.15) is 54.2 Å². The van der Waals surface area contributed by atoms with Crippen molar-refractivity contribution < 1.29 is 14.3 Å². The van der Waals surface area contributed by atoms with Gasteiger partial charge in [0.1, 0.15) is 15.5 Å². The van der Waals surface area contributed by atoms with Crippen molar-refractivity contribution in [1.29, 1.82) is 0 Å². The highest BCUT2D eigenvalue weighted by Gasteiger charge is 2.28. The molecule has 0 saturated heterocycles. The molecule has 1 amide bonds. The predicted molar refractivity (Wildman–Crippen MR) is 104 cm³/mol. The van der Waals surface area contributed by atoms with Crippen molar-refractivity contribution in [1.82, 2.24) is 15.3 Å². The van der Waals surface area contributed by atoms with E-state index in [1.165, 1.54) is 6.42 Å². The second-order valence-corrected chi connectivity index (χ2v) is 8.40. The van der Waals surface area contributed by atoms with Crippen LogP contribution >= 0.6 is 11.3 Å². The molecule has 3 atom stereocenters. The van der Waals surface area contributed by atoms with Crippen molar-refractivity contribution in [3.8, 4) is 0 Å². The minimum absolute atomic E-state index is 0.122. The number of fused-ring (bicyclic) bond motifs is 1. The summed E-state index contributed by atoms with van der Waals surface area (Å²) >= 11 is 1.11. The lowest BCUT2D eigenvalue weighted by Crippen LogP contribution is -2.45. The van der Waals surface area contributed by atoms with Gasteiger partial charge in [-0.3, -0.25) is 9.59 Å². The quantitative estimate of drug-likeness (QED) is 0.781. The molecule has 7 nitrogen and oxygen atoms in total. The van der Waals surface area contributed by atoms with Crippen molar-refractivity contribution in [2.75, 3.05) is 6.61 Å². The lowest BCUT2D eigenvalue weighted by molar-refractivity contribution is -0.125. The summed E-state index contributed by atoms with van der Waals surface area (Å²) in [6.07, 6.45) is 3.23. The van der Waals surface area contributed by atoms with Gasteiger partial charge in [-0.2, -0.15) is 0 Å². The number of nitrogens with zero attached hydrogens (tertiary/aromatic N) is 1. The number of esters is 1. The number of nitrogens with one attached hydrogen (secondary N) is 2. The smallest absolute Gasteiger partial charge is 0.349 e. The molecule has 1 aliphatic rings. The summed E-state index contributed by atoms with van der Waals surface area (Å²) in [5.41, 5.74) is 0.257. The van der Waals surface area contributed by atoms with Gasteiger partial charge in [-0.15, -0.1) is 11.3 Å². The highest BCUT2D eigenvalue weighted by atomic mass is 32.1. The Kier molecular flexibility index (Phi) is 5.64. The summed E-state index contributed by atoms with van der Waals surface area (Å²) in [5, 5.41) is 3.38. The first-order valence-electron chi connectivity index (χ1n) is 9.24. The van der Waals surface area contributed by atoms with Crippen LogP contribution in [0.25, 0.3) is 10.2 Å². The maximum atomic E-state index is 12.4. The van der Waals surface area contributed by atoms with Gasteiger partial charge in [-0.1, -0.05) is 26.7 Å². The average molecular weight is 391 g/mol. The summed E-state index contributed by atoms with van der Waals surface area (Å²) in [4.78, 5) is 44.4. The second kappa shape index (κ2) is 7.80. The SMILES string of the molecule is Cc1nc2sc(C(=O)OCC(=O)N[C@@H]3CCC[C@@H](C)[C@@H]3C)c(C)c2c(=O)[nH]1. The fourth-order valence-corrected chi connectivity index (χ4v) is 4.80. The lowest BCUT2D eigenvalue weighted by atomic mass is 9.78. The maximum Gasteiger partial charge on any atom is 0.349 e. The average Bonchev–Trinajstić information content (AvgIpc) is 2.93. The van der Waals surface area contributed by atoms with Gasteiger partial charge in [-0.25, -0.2) is 9.78 Å². The van der Waals surface area contributed by atoms with Crippen LogP contribution in [0.15, 0.2) is 4.79 Å². The van der Waals surface area contributed by atoms with Crippen LogP contribution in [0.4, 0.5) is 0 Å². The number of carbonyl (C=O) groups is 2. The Morgan fingerprint density at radius 2 is 2.04 bits per heavy atom. The molecule has 8 heteroatoms. The van der Waals surface area contributed by atoms with Crippen LogP contribution in [0.2, 0.25) is 0 Å². The number of carbonyl (C=O) groups excluding carboxylic acids is 2. The molecule has 1 aliphatic carbocycles. The largest absolute Gasteiger partial charge is 0.451 e. The molecule has 0 spiro atoms. The monoisotopic (exact) mass is 391 g/mol. The second-order valence-electron chi connectivity index (χ2n) is 7.41. The molecule has 0 unspecified atom stereocenters. The molecule has 2 heterocycles. The summed E-state index contributed by atoms with van der Waals surface area (Å²) in [5.74, 6) is 0.572. The fourth-order valence-electron chi connectivity index (χ4n) is 3.68. The molecule has 2 N–H and O–H groups in total. The van der Waals surface area contributed by atoms with Gasteiger partial charge < -0.3 is 15.0 Å². The summed E-state index contributed by atoms with van der Waals surface area (Å²) in [6, 6.07) is 0.122. The van der Waals surface area contributed by atoms with E-state index < -0.39 is 5.97 Å². The number of thiophene rings is 1. The molecule has 1 saturated carbocycles. The van der Waals surface area contributed by atoms with Crippen LogP contribution in [-0.2, 0) is 9.53 Å². The van der Waals surface area contributed by atoms with E-state index in [0.29, 0.717) is 38.3 Å². The highest BCUT2D eigenvalue weighted by molar-refractivity contribution is 7.20. The predicted octanol–water partition coefficient (Wildman–Crippen LogP) is 2.70. The highest BCUT2D eigenvalue weighted by Crippen LogP contribution is 2.30. The van der Waals surface area contributed by atoms with Crippen LogP contribution in [0.3, 0.4) is 0 Å². The van der Waals surface area contributed by atoms with Gasteiger partial charge in [0.05, 0.1) is 5.39 Å². The first-order chi connectivity index (χ1) is 12.8. The number of H-pyrrole nitrogens is 1. The molecule has 0 aliphatic heterocycles. The van der Waals surface area contributed by atoms with Crippen LogP contribution in [0.5, 0.6) is 0 Å². The van der Waals surface area contributed by atoms with E-state index in [0.717, 1.165) is 24.2 Å².